The number of aryl methyl sites for hydroxylation is 1. The van der Waals surface area contributed by atoms with E-state index in [2.05, 4.69) is 32.1 Å². The predicted octanol–water partition coefficient (Wildman–Crippen LogP) is 1.90. The molecule has 182 valence electrons. The molecule has 2 aliphatic heterocycles. The number of nitrogens with zero attached hydrogens (tertiary/aromatic N) is 5. The highest BCUT2D eigenvalue weighted by atomic mass is 35.5. The smallest absolute Gasteiger partial charge is 0.271 e. The lowest BCUT2D eigenvalue weighted by Gasteiger charge is -2.34. The molecule has 0 radical (unpaired) electrons. The third-order valence-electron chi connectivity index (χ3n) is 6.10. The summed E-state index contributed by atoms with van der Waals surface area (Å²) >= 11 is 6.21. The first-order valence-electron chi connectivity index (χ1n) is 11.5. The third kappa shape index (κ3) is 5.40. The van der Waals surface area contributed by atoms with Gasteiger partial charge in [0.15, 0.2) is 23.3 Å². The highest BCUT2D eigenvalue weighted by Crippen LogP contribution is 2.36. The van der Waals surface area contributed by atoms with Gasteiger partial charge in [-0.25, -0.2) is 9.97 Å². The molecule has 2 amide bonds. The van der Waals surface area contributed by atoms with Crippen molar-refractivity contribution in [3.8, 4) is 5.75 Å². The van der Waals surface area contributed by atoms with Gasteiger partial charge in [0.05, 0.1) is 11.4 Å². The average Bonchev–Trinajstić information content (AvgIpc) is 2.81. The number of hydrogen-bond donors (Lipinski definition) is 2. The number of aromatic nitrogens is 2. The average molecular weight is 488 g/mol. The summed E-state index contributed by atoms with van der Waals surface area (Å²) in [7, 11) is 2.14. The molecule has 1 aromatic heterocycles. The van der Waals surface area contributed by atoms with Crippen LogP contribution in [0, 0.1) is 0 Å². The van der Waals surface area contributed by atoms with Gasteiger partial charge in [0.1, 0.15) is 5.75 Å². The van der Waals surface area contributed by atoms with Gasteiger partial charge in [-0.2, -0.15) is 0 Å². The number of hydrogen-bond acceptors (Lipinski definition) is 8. The van der Waals surface area contributed by atoms with E-state index in [4.69, 9.17) is 22.1 Å². The molecule has 3 heterocycles. The van der Waals surface area contributed by atoms with E-state index in [0.717, 1.165) is 39.1 Å². The molecule has 0 aliphatic carbocycles. The fourth-order valence-electron chi connectivity index (χ4n) is 4.12. The van der Waals surface area contributed by atoms with Crippen molar-refractivity contribution in [1.82, 2.24) is 19.8 Å². The molecule has 10 nitrogen and oxygen atoms in total. The summed E-state index contributed by atoms with van der Waals surface area (Å²) < 4.78 is 5.63. The topological polar surface area (TPSA) is 117 Å². The summed E-state index contributed by atoms with van der Waals surface area (Å²) in [5.41, 5.74) is 7.30. The number of ether oxygens (including phenoxy) is 1. The molecule has 4 rings (SSSR count). The van der Waals surface area contributed by atoms with E-state index in [9.17, 15) is 9.59 Å². The standard InChI is InChI=1S/C23H30ClN7O3/c1-3-16-21(24)28-23(20(27-16)22(25)33)26-15-5-6-18-17(13-15)31(19(32)14-34-18)8-4-7-30-11-9-29(2)10-12-30/h5-6,13H,3-4,7-12,14H2,1-2H3,(H2,25,33)(H,26,28). The monoisotopic (exact) mass is 487 g/mol. The lowest BCUT2D eigenvalue weighted by Crippen LogP contribution is -2.46. The van der Waals surface area contributed by atoms with Crippen molar-refractivity contribution in [1.29, 1.82) is 0 Å². The number of rotatable bonds is 8. The van der Waals surface area contributed by atoms with Crippen molar-refractivity contribution in [2.75, 3.05) is 63.1 Å². The summed E-state index contributed by atoms with van der Waals surface area (Å²) in [6.07, 6.45) is 1.38. The predicted molar refractivity (Wildman–Crippen MR) is 131 cm³/mol. The van der Waals surface area contributed by atoms with E-state index in [1.807, 2.05) is 6.92 Å². The molecule has 0 spiro atoms. The number of amides is 2. The summed E-state index contributed by atoms with van der Waals surface area (Å²) in [5, 5.41) is 3.28. The van der Waals surface area contributed by atoms with Crippen molar-refractivity contribution < 1.29 is 14.3 Å². The molecule has 34 heavy (non-hydrogen) atoms. The van der Waals surface area contributed by atoms with E-state index in [1.54, 1.807) is 23.1 Å². The molecule has 0 saturated carbocycles. The molecule has 2 aromatic rings. The minimum absolute atomic E-state index is 0.00956. The van der Waals surface area contributed by atoms with E-state index in [-0.39, 0.29) is 29.2 Å². The van der Waals surface area contributed by atoms with E-state index in [0.29, 0.717) is 35.8 Å². The minimum atomic E-state index is -0.705. The lowest BCUT2D eigenvalue weighted by atomic mass is 10.2. The largest absolute Gasteiger partial charge is 0.482 e. The van der Waals surface area contributed by atoms with Crippen molar-refractivity contribution in [2.24, 2.45) is 5.73 Å². The summed E-state index contributed by atoms with van der Waals surface area (Å²) in [6, 6.07) is 5.37. The van der Waals surface area contributed by atoms with Gasteiger partial charge in [0, 0.05) is 38.4 Å². The SMILES string of the molecule is CCc1nc(C(N)=O)c(Nc2ccc3c(c2)N(CCCN2CCN(C)CC2)C(=O)CO3)nc1Cl. The molecule has 2 aliphatic rings. The molecule has 11 heteroatoms. The number of carbonyl (C=O) groups excluding carboxylic acids is 2. The summed E-state index contributed by atoms with van der Waals surface area (Å²) in [4.78, 5) is 39.7. The zero-order chi connectivity index (χ0) is 24.2. The Morgan fingerprint density at radius 1 is 1.21 bits per heavy atom. The molecule has 1 fully saturated rings. The molecular formula is C23H30ClN7O3. The number of nitrogens with one attached hydrogen (secondary N) is 1. The van der Waals surface area contributed by atoms with Gasteiger partial charge < -0.3 is 30.5 Å². The van der Waals surface area contributed by atoms with Crippen molar-refractivity contribution >= 4 is 40.6 Å². The van der Waals surface area contributed by atoms with Crippen LogP contribution in [0.4, 0.5) is 17.2 Å². The molecule has 1 aromatic carbocycles. The third-order valence-corrected chi connectivity index (χ3v) is 6.41. The maximum atomic E-state index is 12.7. The maximum absolute atomic E-state index is 12.7. The van der Waals surface area contributed by atoms with Crippen molar-refractivity contribution in [2.45, 2.75) is 19.8 Å². The van der Waals surface area contributed by atoms with Crippen LogP contribution in [0.25, 0.3) is 0 Å². The van der Waals surface area contributed by atoms with Crippen molar-refractivity contribution in [3.63, 3.8) is 0 Å². The molecule has 0 atom stereocenters. The Kier molecular flexibility index (Phi) is 7.50. The van der Waals surface area contributed by atoms with Gasteiger partial charge >= 0.3 is 0 Å². The number of nitrogens with two attached hydrogens (primary N) is 1. The highest BCUT2D eigenvalue weighted by molar-refractivity contribution is 6.30. The Hall–Kier alpha value is -2.95. The van der Waals surface area contributed by atoms with E-state index < -0.39 is 5.91 Å². The second kappa shape index (κ2) is 10.5. The van der Waals surface area contributed by atoms with Crippen LogP contribution in [0.15, 0.2) is 18.2 Å². The van der Waals surface area contributed by atoms with Gasteiger partial charge in [-0.1, -0.05) is 18.5 Å². The van der Waals surface area contributed by atoms with Crippen LogP contribution in [0.5, 0.6) is 5.75 Å². The molecule has 0 bridgehead atoms. The number of likely N-dealkylation sites (N-methyl/N-ethyl adjacent to an activating group) is 1. The van der Waals surface area contributed by atoms with Crippen LogP contribution in [0.3, 0.4) is 0 Å². The Balaban J connectivity index is 1.51. The first-order chi connectivity index (χ1) is 16.4. The van der Waals surface area contributed by atoms with E-state index >= 15 is 0 Å². The second-order valence-corrected chi connectivity index (χ2v) is 8.87. The van der Waals surface area contributed by atoms with Gasteiger partial charge in [-0.3, -0.25) is 9.59 Å². The number of anilines is 3. The molecular weight excluding hydrogens is 458 g/mol. The van der Waals surface area contributed by atoms with Gasteiger partial charge in [-0.05, 0) is 44.6 Å². The first-order valence-corrected chi connectivity index (χ1v) is 11.8. The van der Waals surface area contributed by atoms with Crippen LogP contribution >= 0.6 is 11.6 Å². The van der Waals surface area contributed by atoms with Crippen LogP contribution < -0.4 is 20.7 Å². The molecule has 1 saturated heterocycles. The molecule has 0 unspecified atom stereocenters. The maximum Gasteiger partial charge on any atom is 0.271 e. The van der Waals surface area contributed by atoms with Gasteiger partial charge in [-0.15, -0.1) is 0 Å². The Bertz CT molecular complexity index is 1070. The van der Waals surface area contributed by atoms with Gasteiger partial charge in [0.2, 0.25) is 0 Å². The van der Waals surface area contributed by atoms with Crippen LogP contribution in [0.1, 0.15) is 29.5 Å². The summed E-state index contributed by atoms with van der Waals surface area (Å²) in [6.45, 7) is 7.62. The number of benzene rings is 1. The second-order valence-electron chi connectivity index (χ2n) is 8.52. The van der Waals surface area contributed by atoms with Crippen molar-refractivity contribution in [3.05, 3.63) is 34.7 Å². The Morgan fingerprint density at radius 3 is 2.68 bits per heavy atom. The number of piperazine rings is 1. The molecule has 3 N–H and O–H groups in total. The number of halogens is 1. The van der Waals surface area contributed by atoms with E-state index in [1.165, 1.54) is 0 Å². The zero-order valence-corrected chi connectivity index (χ0v) is 20.3. The Morgan fingerprint density at radius 2 is 1.97 bits per heavy atom. The first kappa shape index (κ1) is 24.2. The minimum Gasteiger partial charge on any atom is -0.482 e. The number of carbonyl (C=O) groups is 2. The van der Waals surface area contributed by atoms with Crippen LogP contribution in [0.2, 0.25) is 5.15 Å². The zero-order valence-electron chi connectivity index (χ0n) is 19.5. The fourth-order valence-corrected chi connectivity index (χ4v) is 4.38. The number of primary amides is 1. The fraction of sp³-hybridized carbons (Fsp3) is 0.478. The number of fused-ring (bicyclic) bond motifs is 1. The van der Waals surface area contributed by atoms with Gasteiger partial charge in [0.25, 0.3) is 11.8 Å². The normalized spacial score (nSPS) is 16.8. The summed E-state index contributed by atoms with van der Waals surface area (Å²) in [5.74, 6) is 0.00370. The quantitative estimate of drug-likeness (QED) is 0.579. The lowest BCUT2D eigenvalue weighted by molar-refractivity contribution is -0.121. The Labute approximate surface area is 204 Å². The highest BCUT2D eigenvalue weighted by Gasteiger charge is 2.26. The van der Waals surface area contributed by atoms with Crippen LogP contribution in [-0.2, 0) is 11.2 Å². The van der Waals surface area contributed by atoms with Crippen LogP contribution in [-0.4, -0.2) is 84.5 Å².